The molecule has 0 radical (unpaired) electrons. The molecule has 4 rings (SSSR count). The number of amides is 1. The molecule has 0 fully saturated rings. The predicted octanol–water partition coefficient (Wildman–Crippen LogP) is 8.00. The maximum Gasteiger partial charge on any atom is 0.534 e. The van der Waals surface area contributed by atoms with Crippen LogP contribution in [-0.2, 0) is 37.8 Å². The minimum atomic E-state index is -6.05. The zero-order valence-corrected chi connectivity index (χ0v) is 28.0. The second-order valence-corrected chi connectivity index (χ2v) is 14.2. The Morgan fingerprint density at radius 2 is 1.51 bits per heavy atom. The smallest absolute Gasteiger partial charge is 0.443 e. The van der Waals surface area contributed by atoms with Crippen molar-refractivity contribution in [3.05, 3.63) is 82.9 Å². The molecule has 1 aliphatic rings. The van der Waals surface area contributed by atoms with Gasteiger partial charge in [-0.3, -0.25) is 9.36 Å². The Hall–Kier alpha value is -4.42. The van der Waals surface area contributed by atoms with Crippen molar-refractivity contribution in [2.45, 2.75) is 76.0 Å². The molecule has 0 bridgehead atoms. The van der Waals surface area contributed by atoms with Crippen LogP contribution in [0, 0.1) is 0 Å². The first-order chi connectivity index (χ1) is 23.4. The number of nitrogens with one attached hydrogen (secondary N) is 1. The quantitative estimate of drug-likeness (QED) is 0.160. The maximum atomic E-state index is 14.0. The maximum absolute atomic E-state index is 14.0. The van der Waals surface area contributed by atoms with E-state index in [2.05, 4.69) is 9.50 Å². The van der Waals surface area contributed by atoms with Gasteiger partial charge in [-0.25, -0.2) is 4.79 Å². The lowest BCUT2D eigenvalue weighted by Crippen LogP contribution is -2.47. The van der Waals surface area contributed by atoms with Gasteiger partial charge in [-0.05, 0) is 69.9 Å². The third-order valence-corrected chi connectivity index (χ3v) is 8.57. The lowest BCUT2D eigenvalue weighted by atomic mass is 9.99. The first-order valence-corrected chi connectivity index (χ1v) is 16.6. The van der Waals surface area contributed by atoms with Gasteiger partial charge in [-0.2, -0.15) is 47.9 Å². The second-order valence-electron chi connectivity index (χ2n) is 12.6. The number of benzene rings is 2. The van der Waals surface area contributed by atoms with Crippen LogP contribution in [0.3, 0.4) is 0 Å². The molecular weight excluding hydrogens is 725 g/mol. The highest BCUT2D eigenvalue weighted by molar-refractivity contribution is 7.87. The third kappa shape index (κ3) is 9.68. The van der Waals surface area contributed by atoms with Crippen LogP contribution < -0.4 is 5.32 Å². The van der Waals surface area contributed by atoms with Crippen LogP contribution in [-0.4, -0.2) is 60.1 Å². The molecule has 0 saturated heterocycles. The second kappa shape index (κ2) is 14.3. The Bertz CT molecular complexity index is 1880. The number of para-hydroxylation sites is 1. The molecule has 280 valence electrons. The van der Waals surface area contributed by atoms with Crippen molar-refractivity contribution in [3.8, 4) is 0 Å². The standard InChI is InChI=1S/C32H32F9N3O6S/c1-29(2,3)49-28(46)44-18-20(25-9-4-5-10-26(25)44)14-23-16-42-17-24(50-51(47,48)32(39,40)41)8-6-7-11-43(23)27(45)19-12-21(30(33,34)35)15-22(13-19)31(36,37)38/h4-5,9-10,12-13,15,17-18,23,42H,6-8,11,14,16H2,1-3H3/b24-17+/t23-/m1/s1. The van der Waals surface area contributed by atoms with Gasteiger partial charge in [-0.1, -0.05) is 18.2 Å². The van der Waals surface area contributed by atoms with Crippen molar-refractivity contribution in [2.75, 3.05) is 13.1 Å². The van der Waals surface area contributed by atoms with E-state index in [0.717, 1.165) is 11.1 Å². The Kier molecular flexibility index (Phi) is 11.0. The van der Waals surface area contributed by atoms with Gasteiger partial charge in [0.15, 0.2) is 0 Å². The highest BCUT2D eigenvalue weighted by atomic mass is 32.2. The monoisotopic (exact) mass is 757 g/mol. The minimum Gasteiger partial charge on any atom is -0.443 e. The fraction of sp³-hybridized carbons (Fsp3) is 0.438. The van der Waals surface area contributed by atoms with E-state index in [1.165, 1.54) is 10.8 Å². The molecule has 9 nitrogen and oxygen atoms in total. The van der Waals surface area contributed by atoms with Crippen molar-refractivity contribution in [2.24, 2.45) is 0 Å². The summed E-state index contributed by atoms with van der Waals surface area (Å²) in [6.07, 6.45) is -9.81. The molecular formula is C32H32F9N3O6S. The molecule has 3 aromatic rings. The van der Waals surface area contributed by atoms with E-state index in [1.54, 1.807) is 45.0 Å². The van der Waals surface area contributed by atoms with E-state index in [9.17, 15) is 57.5 Å². The van der Waals surface area contributed by atoms with E-state index in [0.29, 0.717) is 28.6 Å². The molecule has 1 amide bonds. The molecule has 51 heavy (non-hydrogen) atoms. The molecule has 2 aromatic carbocycles. The zero-order chi connectivity index (χ0) is 38.2. The SMILES string of the molecule is CC(C)(C)OC(=O)n1cc(C[C@@H]2CN/C=C(/OS(=O)(=O)C(F)(F)F)CCCCN2C(=O)c2cc(C(F)(F)F)cc(C(F)(F)F)c2)c2ccccc21. The van der Waals surface area contributed by atoms with E-state index in [-0.39, 0.29) is 38.3 Å². The number of alkyl halides is 9. The number of allylic oxidation sites excluding steroid dienone is 1. The van der Waals surface area contributed by atoms with Crippen LogP contribution in [0.4, 0.5) is 44.3 Å². The Labute approximate surface area is 286 Å². The third-order valence-electron chi connectivity index (χ3n) is 7.57. The molecule has 19 heteroatoms. The fourth-order valence-corrected chi connectivity index (χ4v) is 5.84. The lowest BCUT2D eigenvalue weighted by molar-refractivity contribution is -0.143. The van der Waals surface area contributed by atoms with Crippen molar-refractivity contribution < 1.29 is 66.4 Å². The van der Waals surface area contributed by atoms with Gasteiger partial charge in [0, 0.05) is 42.9 Å². The summed E-state index contributed by atoms with van der Waals surface area (Å²) >= 11 is 0. The number of aromatic nitrogens is 1. The van der Waals surface area contributed by atoms with Gasteiger partial charge in [0.25, 0.3) is 5.91 Å². The van der Waals surface area contributed by atoms with E-state index >= 15 is 0 Å². The molecule has 1 atom stereocenters. The Morgan fingerprint density at radius 3 is 2.08 bits per heavy atom. The number of nitrogens with zero attached hydrogens (tertiary/aromatic N) is 2. The zero-order valence-electron chi connectivity index (χ0n) is 27.2. The number of rotatable bonds is 5. The van der Waals surface area contributed by atoms with Crippen LogP contribution in [0.5, 0.6) is 0 Å². The van der Waals surface area contributed by atoms with Gasteiger partial charge in [0.2, 0.25) is 0 Å². The van der Waals surface area contributed by atoms with Gasteiger partial charge < -0.3 is 19.1 Å². The summed E-state index contributed by atoms with van der Waals surface area (Å²) in [6, 6.07) is 5.80. The number of ether oxygens (including phenoxy) is 1. The minimum absolute atomic E-state index is 0.0836. The van der Waals surface area contributed by atoms with E-state index < -0.39 is 80.6 Å². The number of hydrogen-bond acceptors (Lipinski definition) is 7. The van der Waals surface area contributed by atoms with Crippen molar-refractivity contribution in [1.82, 2.24) is 14.8 Å². The number of carbonyl (C=O) groups is 2. The predicted molar refractivity (Wildman–Crippen MR) is 165 cm³/mol. The molecule has 0 spiro atoms. The van der Waals surface area contributed by atoms with Crippen molar-refractivity contribution in [1.29, 1.82) is 0 Å². The average Bonchev–Trinajstić information content (AvgIpc) is 3.36. The summed E-state index contributed by atoms with van der Waals surface area (Å²) in [7, 11) is -6.05. The summed E-state index contributed by atoms with van der Waals surface area (Å²) in [5.74, 6) is -1.84. The highest BCUT2D eigenvalue weighted by Gasteiger charge is 2.49. The highest BCUT2D eigenvalue weighted by Crippen LogP contribution is 2.37. The van der Waals surface area contributed by atoms with Crippen LogP contribution in [0.1, 0.15) is 67.1 Å². The lowest BCUT2D eigenvalue weighted by Gasteiger charge is -2.33. The van der Waals surface area contributed by atoms with Crippen LogP contribution in [0.25, 0.3) is 10.9 Å². The molecule has 0 saturated carbocycles. The van der Waals surface area contributed by atoms with Crippen LogP contribution >= 0.6 is 0 Å². The van der Waals surface area contributed by atoms with Gasteiger partial charge in [-0.15, -0.1) is 0 Å². The van der Waals surface area contributed by atoms with E-state index in [1.807, 2.05) is 0 Å². The molecule has 1 N–H and O–H groups in total. The van der Waals surface area contributed by atoms with Crippen molar-refractivity contribution >= 4 is 33.0 Å². The molecule has 1 aliphatic heterocycles. The normalized spacial score (nSPS) is 18.1. The summed E-state index contributed by atoms with van der Waals surface area (Å²) < 4.78 is 156. The number of fused-ring (bicyclic) bond motifs is 1. The van der Waals surface area contributed by atoms with Crippen LogP contribution in [0.2, 0.25) is 0 Å². The first-order valence-electron chi connectivity index (χ1n) is 15.2. The topological polar surface area (TPSA) is 107 Å². The number of carbonyl (C=O) groups excluding carboxylic acids is 2. The summed E-state index contributed by atoms with van der Waals surface area (Å²) in [5.41, 5.74) is -10.2. The van der Waals surface area contributed by atoms with Crippen LogP contribution in [0.15, 0.2) is 60.6 Å². The molecule has 2 heterocycles. The largest absolute Gasteiger partial charge is 0.534 e. The summed E-state index contributed by atoms with van der Waals surface area (Å²) in [4.78, 5) is 28.1. The van der Waals surface area contributed by atoms with E-state index in [4.69, 9.17) is 4.74 Å². The number of halogens is 9. The van der Waals surface area contributed by atoms with Crippen molar-refractivity contribution in [3.63, 3.8) is 0 Å². The summed E-state index contributed by atoms with van der Waals surface area (Å²) in [5, 5.41) is 3.07. The van der Waals surface area contributed by atoms with Gasteiger partial charge in [0.05, 0.1) is 22.7 Å². The molecule has 0 aliphatic carbocycles. The molecule has 1 aromatic heterocycles. The Morgan fingerprint density at radius 1 is 0.902 bits per heavy atom. The van der Waals surface area contributed by atoms with Gasteiger partial charge >= 0.3 is 34.1 Å². The van der Waals surface area contributed by atoms with Gasteiger partial charge in [0.1, 0.15) is 11.4 Å². The first kappa shape index (κ1) is 39.4. The Balaban J connectivity index is 1.81. The molecule has 0 unspecified atom stereocenters. The average molecular weight is 758 g/mol. The number of hydrogen-bond donors (Lipinski definition) is 1. The fourth-order valence-electron chi connectivity index (χ4n) is 5.33. The summed E-state index contributed by atoms with van der Waals surface area (Å²) in [6.45, 7) is 4.18.